The molecule has 27 heavy (non-hydrogen) atoms. The van der Waals surface area contributed by atoms with E-state index >= 15 is 0 Å². The van der Waals surface area contributed by atoms with Gasteiger partial charge in [-0.3, -0.25) is 9.78 Å². The molecule has 1 aliphatic carbocycles. The van der Waals surface area contributed by atoms with E-state index in [0.717, 1.165) is 49.7 Å². The van der Waals surface area contributed by atoms with Gasteiger partial charge in [-0.15, -0.1) is 0 Å². The van der Waals surface area contributed by atoms with E-state index in [1.807, 2.05) is 17.0 Å². The summed E-state index contributed by atoms with van der Waals surface area (Å²) in [6, 6.07) is 3.82. The minimum atomic E-state index is -0.0816. The molecule has 1 amide bonds. The number of rotatable bonds is 7. The van der Waals surface area contributed by atoms with Crippen molar-refractivity contribution in [2.24, 2.45) is 5.92 Å². The summed E-state index contributed by atoms with van der Waals surface area (Å²) in [5, 5.41) is 4.27. The van der Waals surface area contributed by atoms with Crippen molar-refractivity contribution in [3.8, 4) is 0 Å². The van der Waals surface area contributed by atoms with Gasteiger partial charge in [0, 0.05) is 38.0 Å². The highest BCUT2D eigenvalue weighted by atomic mass is 16.5. The highest BCUT2D eigenvalue weighted by Gasteiger charge is 2.44. The lowest BCUT2D eigenvalue weighted by Crippen LogP contribution is -2.46. The van der Waals surface area contributed by atoms with Crippen LogP contribution in [-0.4, -0.2) is 46.1 Å². The van der Waals surface area contributed by atoms with E-state index in [-0.39, 0.29) is 11.3 Å². The average Bonchev–Trinajstić information content (AvgIpc) is 3.37. The Morgan fingerprint density at radius 2 is 2.19 bits per heavy atom. The zero-order chi connectivity index (χ0) is 18.7. The number of carbonyl (C=O) groups is 1. The Hall–Kier alpha value is -2.28. The van der Waals surface area contributed by atoms with Crippen LogP contribution in [-0.2, 0) is 28.0 Å². The summed E-state index contributed by atoms with van der Waals surface area (Å²) in [7, 11) is 1.62. The number of carbonyl (C=O) groups excluding carboxylic acids is 1. The van der Waals surface area contributed by atoms with E-state index in [1.165, 1.54) is 12.8 Å². The lowest BCUT2D eigenvalue weighted by Gasteiger charge is -2.40. The largest absolute Gasteiger partial charge is 0.375 e. The Labute approximate surface area is 159 Å². The lowest BCUT2D eigenvalue weighted by atomic mass is 9.73. The number of aromatic nitrogens is 3. The van der Waals surface area contributed by atoms with Crippen LogP contribution in [0.4, 0.5) is 0 Å². The summed E-state index contributed by atoms with van der Waals surface area (Å²) < 4.78 is 10.5. The maximum Gasteiger partial charge on any atom is 0.252 e. The number of hydrogen-bond donors (Lipinski definition) is 0. The van der Waals surface area contributed by atoms with E-state index in [1.54, 1.807) is 19.5 Å². The van der Waals surface area contributed by atoms with Crippen LogP contribution >= 0.6 is 0 Å². The van der Waals surface area contributed by atoms with Crippen molar-refractivity contribution in [3.05, 3.63) is 41.8 Å². The quantitative estimate of drug-likeness (QED) is 0.745. The summed E-state index contributed by atoms with van der Waals surface area (Å²) in [4.78, 5) is 23.3. The number of likely N-dealkylation sites (tertiary alicyclic amines) is 1. The zero-order valence-corrected chi connectivity index (χ0v) is 15.8. The number of amides is 1. The van der Waals surface area contributed by atoms with Crippen LogP contribution in [0, 0.1) is 5.92 Å². The second-order valence-electron chi connectivity index (χ2n) is 7.79. The van der Waals surface area contributed by atoms with Gasteiger partial charge in [0.1, 0.15) is 6.61 Å². The fourth-order valence-corrected chi connectivity index (χ4v) is 4.02. The molecule has 1 saturated carbocycles. The molecule has 0 atom stereocenters. The molecule has 2 aromatic rings. The number of ether oxygens (including phenoxy) is 1. The van der Waals surface area contributed by atoms with Crippen LogP contribution in [0.5, 0.6) is 0 Å². The molecule has 0 aromatic carbocycles. The van der Waals surface area contributed by atoms with Gasteiger partial charge < -0.3 is 14.2 Å². The van der Waals surface area contributed by atoms with E-state index in [2.05, 4.69) is 15.1 Å². The molecule has 1 aliphatic heterocycles. The molecule has 0 N–H and O–H groups in total. The van der Waals surface area contributed by atoms with Crippen molar-refractivity contribution in [3.63, 3.8) is 0 Å². The highest BCUT2D eigenvalue weighted by molar-refractivity contribution is 5.78. The van der Waals surface area contributed by atoms with Gasteiger partial charge in [-0.05, 0) is 36.8 Å². The molecule has 2 aliphatic rings. The van der Waals surface area contributed by atoms with E-state index in [9.17, 15) is 4.79 Å². The number of piperidine rings is 1. The first-order chi connectivity index (χ1) is 13.2. The normalized spacial score (nSPS) is 19.2. The maximum atomic E-state index is 12.7. The van der Waals surface area contributed by atoms with Crippen molar-refractivity contribution in [1.82, 2.24) is 20.0 Å². The van der Waals surface area contributed by atoms with Gasteiger partial charge in [0.25, 0.3) is 5.89 Å². The number of nitrogens with zero attached hydrogens (tertiary/aromatic N) is 4. The minimum Gasteiger partial charge on any atom is -0.375 e. The molecule has 144 valence electrons. The zero-order valence-electron chi connectivity index (χ0n) is 15.8. The van der Waals surface area contributed by atoms with Crippen LogP contribution in [0.2, 0.25) is 0 Å². The van der Waals surface area contributed by atoms with Crippen molar-refractivity contribution < 1.29 is 14.1 Å². The highest BCUT2D eigenvalue weighted by Crippen LogP contribution is 2.46. The van der Waals surface area contributed by atoms with E-state index < -0.39 is 0 Å². The number of methoxy groups -OCH3 is 1. The van der Waals surface area contributed by atoms with Crippen LogP contribution < -0.4 is 0 Å². The first kappa shape index (κ1) is 18.1. The van der Waals surface area contributed by atoms with Crippen LogP contribution in [0.3, 0.4) is 0 Å². The van der Waals surface area contributed by atoms with E-state index in [0.29, 0.717) is 18.9 Å². The minimum absolute atomic E-state index is 0.0816. The van der Waals surface area contributed by atoms with Gasteiger partial charge in [0.05, 0.1) is 6.42 Å². The van der Waals surface area contributed by atoms with Gasteiger partial charge in [-0.1, -0.05) is 24.1 Å². The van der Waals surface area contributed by atoms with Gasteiger partial charge in [-0.25, -0.2) is 0 Å². The Morgan fingerprint density at radius 1 is 1.37 bits per heavy atom. The molecule has 4 rings (SSSR count). The van der Waals surface area contributed by atoms with Crippen molar-refractivity contribution in [1.29, 1.82) is 0 Å². The first-order valence-corrected chi connectivity index (χ1v) is 9.67. The van der Waals surface area contributed by atoms with Crippen molar-refractivity contribution in [2.75, 3.05) is 20.2 Å². The number of pyridine rings is 1. The molecule has 0 unspecified atom stereocenters. The predicted octanol–water partition coefficient (Wildman–Crippen LogP) is 2.51. The molecular formula is C20H26N4O3. The average molecular weight is 370 g/mol. The fourth-order valence-electron chi connectivity index (χ4n) is 4.02. The van der Waals surface area contributed by atoms with Crippen molar-refractivity contribution in [2.45, 2.75) is 50.5 Å². The molecule has 3 heterocycles. The first-order valence-electron chi connectivity index (χ1n) is 9.67. The van der Waals surface area contributed by atoms with Crippen molar-refractivity contribution >= 4 is 5.91 Å². The molecule has 0 spiro atoms. The standard InChI is InChI=1S/C20H26N4O3/c1-26-14-17-22-19(23-27-17)20(12-15-4-5-15)6-9-24(10-7-20)18(25)11-16-3-2-8-21-13-16/h2-3,8,13,15H,4-7,9-12,14H2,1H3. The Kier molecular flexibility index (Phi) is 5.20. The van der Waals surface area contributed by atoms with Gasteiger partial charge in [0.2, 0.25) is 5.91 Å². The topological polar surface area (TPSA) is 81.4 Å². The Morgan fingerprint density at radius 3 is 2.85 bits per heavy atom. The molecule has 0 radical (unpaired) electrons. The third kappa shape index (κ3) is 4.18. The molecule has 2 fully saturated rings. The molecule has 2 aromatic heterocycles. The molecule has 0 bridgehead atoms. The molecular weight excluding hydrogens is 344 g/mol. The number of hydrogen-bond acceptors (Lipinski definition) is 6. The summed E-state index contributed by atoms with van der Waals surface area (Å²) in [5.74, 6) is 2.24. The summed E-state index contributed by atoms with van der Waals surface area (Å²) in [6.07, 6.45) is 9.32. The SMILES string of the molecule is COCc1nc(C2(CC3CC3)CCN(C(=O)Cc3cccnc3)CC2)no1. The van der Waals surface area contributed by atoms with Crippen LogP contribution in [0.1, 0.15) is 49.4 Å². The summed E-state index contributed by atoms with van der Waals surface area (Å²) >= 11 is 0. The van der Waals surface area contributed by atoms with Crippen LogP contribution in [0.25, 0.3) is 0 Å². The van der Waals surface area contributed by atoms with Crippen LogP contribution in [0.15, 0.2) is 29.0 Å². The molecule has 7 nitrogen and oxygen atoms in total. The molecule has 7 heteroatoms. The maximum absolute atomic E-state index is 12.7. The van der Waals surface area contributed by atoms with Gasteiger partial charge >= 0.3 is 0 Å². The second-order valence-corrected chi connectivity index (χ2v) is 7.79. The Balaban J connectivity index is 1.43. The van der Waals surface area contributed by atoms with Gasteiger partial charge in [-0.2, -0.15) is 4.98 Å². The summed E-state index contributed by atoms with van der Waals surface area (Å²) in [6.45, 7) is 1.81. The smallest absolute Gasteiger partial charge is 0.252 e. The monoisotopic (exact) mass is 370 g/mol. The predicted molar refractivity (Wildman–Crippen MR) is 97.8 cm³/mol. The lowest BCUT2D eigenvalue weighted by molar-refractivity contribution is -0.132. The fraction of sp³-hybridized carbons (Fsp3) is 0.600. The molecule has 1 saturated heterocycles. The second kappa shape index (κ2) is 7.76. The third-order valence-electron chi connectivity index (χ3n) is 5.74. The Bertz CT molecular complexity index is 765. The third-order valence-corrected chi connectivity index (χ3v) is 5.74. The van der Waals surface area contributed by atoms with E-state index in [4.69, 9.17) is 9.26 Å². The summed E-state index contributed by atoms with van der Waals surface area (Å²) in [5.41, 5.74) is 0.876. The van der Waals surface area contributed by atoms with Gasteiger partial charge in [0.15, 0.2) is 5.82 Å².